The normalized spacial score (nSPS) is 26.2. The molecular formula is C29H53BrN4O7. The number of hydrogen-bond donors (Lipinski definition) is 6. The van der Waals surface area contributed by atoms with Gasteiger partial charge in [0.15, 0.2) is 0 Å². The summed E-state index contributed by atoms with van der Waals surface area (Å²) in [6.07, 6.45) is 9.06. The number of alkyl carbamates (subject to hydrolysis) is 1. The number of aliphatic carboxylic acids is 2. The number of alkyl halides is 1. The highest BCUT2D eigenvalue weighted by Gasteiger charge is 2.38. The predicted molar refractivity (Wildman–Crippen MR) is 162 cm³/mol. The lowest BCUT2D eigenvalue weighted by Gasteiger charge is -2.39. The molecule has 0 aliphatic heterocycles. The van der Waals surface area contributed by atoms with Crippen LogP contribution in [0.25, 0.3) is 0 Å². The van der Waals surface area contributed by atoms with Crippen LogP contribution in [0.15, 0.2) is 0 Å². The number of nitrogens with one attached hydrogen (secondary N) is 2. The Balaban J connectivity index is 0.000000414. The van der Waals surface area contributed by atoms with Crippen molar-refractivity contribution in [1.29, 1.82) is 0 Å². The molecule has 0 saturated heterocycles. The van der Waals surface area contributed by atoms with E-state index in [1.54, 1.807) is 20.8 Å². The zero-order valence-electron chi connectivity index (χ0n) is 25.1. The van der Waals surface area contributed by atoms with E-state index in [4.69, 9.17) is 21.3 Å². The Morgan fingerprint density at radius 2 is 1.34 bits per heavy atom. The van der Waals surface area contributed by atoms with Gasteiger partial charge in [0, 0.05) is 13.1 Å². The summed E-state index contributed by atoms with van der Waals surface area (Å²) in [7, 11) is 0. The van der Waals surface area contributed by atoms with Crippen molar-refractivity contribution in [1.82, 2.24) is 10.6 Å². The van der Waals surface area contributed by atoms with Crippen LogP contribution < -0.4 is 22.1 Å². The summed E-state index contributed by atoms with van der Waals surface area (Å²) in [6, 6.07) is 0. The zero-order valence-corrected chi connectivity index (χ0v) is 26.7. The third-order valence-corrected chi connectivity index (χ3v) is 8.90. The molecule has 0 radical (unpaired) electrons. The summed E-state index contributed by atoms with van der Waals surface area (Å²) in [5.41, 5.74) is 10.2. The molecule has 2 aliphatic carbocycles. The van der Waals surface area contributed by atoms with Crippen molar-refractivity contribution in [3.63, 3.8) is 0 Å². The summed E-state index contributed by atoms with van der Waals surface area (Å²) < 4.78 is 5.22. The molecule has 2 amide bonds. The zero-order chi connectivity index (χ0) is 31.1. The third kappa shape index (κ3) is 15.2. The Labute approximate surface area is 253 Å². The van der Waals surface area contributed by atoms with Crippen LogP contribution in [0, 0.1) is 22.7 Å². The minimum atomic E-state index is -0.816. The highest BCUT2D eigenvalue weighted by Crippen LogP contribution is 2.43. The first kappa shape index (κ1) is 37.1. The minimum absolute atomic E-state index is 0.0120. The van der Waals surface area contributed by atoms with E-state index in [-0.39, 0.29) is 29.6 Å². The van der Waals surface area contributed by atoms with E-state index in [9.17, 15) is 24.3 Å². The van der Waals surface area contributed by atoms with Crippen LogP contribution in [0.5, 0.6) is 0 Å². The summed E-state index contributed by atoms with van der Waals surface area (Å²) in [5, 5.41) is 24.1. The van der Waals surface area contributed by atoms with Crippen molar-refractivity contribution in [2.75, 3.05) is 31.5 Å². The Kier molecular flexibility index (Phi) is 16.2. The molecule has 41 heavy (non-hydrogen) atoms. The lowest BCUT2D eigenvalue weighted by atomic mass is 9.68. The van der Waals surface area contributed by atoms with Gasteiger partial charge in [-0.1, -0.05) is 15.9 Å². The number of amides is 2. The average Bonchev–Trinajstić information content (AvgIpc) is 2.89. The largest absolute Gasteiger partial charge is 0.481 e. The van der Waals surface area contributed by atoms with Gasteiger partial charge < -0.3 is 37.1 Å². The molecule has 0 bridgehead atoms. The van der Waals surface area contributed by atoms with Crippen molar-refractivity contribution in [2.24, 2.45) is 34.1 Å². The SMILES string of the molecule is CC(C)(C)OC(=O)NCC1(CC(=O)O)CCC(CCN)CC1.NCC1(CC(=O)O)CCC(CCNC(=O)CBr)CC1. The Hall–Kier alpha value is -1.92. The van der Waals surface area contributed by atoms with Crippen LogP contribution in [0.4, 0.5) is 4.79 Å². The van der Waals surface area contributed by atoms with Gasteiger partial charge in [0.1, 0.15) is 5.60 Å². The van der Waals surface area contributed by atoms with Crippen molar-refractivity contribution < 1.29 is 34.1 Å². The highest BCUT2D eigenvalue weighted by atomic mass is 79.9. The van der Waals surface area contributed by atoms with Gasteiger partial charge in [-0.15, -0.1) is 0 Å². The number of rotatable bonds is 13. The monoisotopic (exact) mass is 648 g/mol. The number of nitrogens with two attached hydrogens (primary N) is 2. The number of carbonyl (C=O) groups is 4. The van der Waals surface area contributed by atoms with Gasteiger partial charge in [-0.25, -0.2) is 4.79 Å². The lowest BCUT2D eigenvalue weighted by Crippen LogP contribution is -2.43. The number of halogens is 1. The van der Waals surface area contributed by atoms with E-state index in [1.165, 1.54) is 0 Å². The van der Waals surface area contributed by atoms with E-state index >= 15 is 0 Å². The molecule has 0 atom stereocenters. The molecule has 2 saturated carbocycles. The van der Waals surface area contributed by atoms with Crippen molar-refractivity contribution in [3.8, 4) is 0 Å². The molecule has 2 fully saturated rings. The summed E-state index contributed by atoms with van der Waals surface area (Å²) in [5.74, 6) is -0.410. The van der Waals surface area contributed by atoms with E-state index < -0.39 is 23.6 Å². The van der Waals surface area contributed by atoms with Gasteiger partial charge in [0.2, 0.25) is 5.91 Å². The molecule has 0 aromatic rings. The molecule has 0 aromatic carbocycles. The van der Waals surface area contributed by atoms with Crippen LogP contribution in [0.2, 0.25) is 0 Å². The maximum Gasteiger partial charge on any atom is 0.407 e. The number of carbonyl (C=O) groups excluding carboxylic acids is 2. The van der Waals surface area contributed by atoms with Crippen LogP contribution >= 0.6 is 15.9 Å². The highest BCUT2D eigenvalue weighted by molar-refractivity contribution is 9.09. The molecule has 238 valence electrons. The van der Waals surface area contributed by atoms with Gasteiger partial charge in [0.25, 0.3) is 0 Å². The Morgan fingerprint density at radius 3 is 1.78 bits per heavy atom. The quantitative estimate of drug-likeness (QED) is 0.160. The number of carboxylic acids is 2. The first-order valence-corrected chi connectivity index (χ1v) is 15.9. The van der Waals surface area contributed by atoms with Crippen molar-refractivity contribution in [3.05, 3.63) is 0 Å². The first-order chi connectivity index (χ1) is 19.2. The lowest BCUT2D eigenvalue weighted by molar-refractivity contribution is -0.141. The molecule has 0 unspecified atom stereocenters. The summed E-state index contributed by atoms with van der Waals surface area (Å²) >= 11 is 3.11. The second-order valence-corrected chi connectivity index (χ2v) is 13.5. The second-order valence-electron chi connectivity index (χ2n) is 12.9. The molecule has 0 heterocycles. The van der Waals surface area contributed by atoms with E-state index in [0.29, 0.717) is 43.3 Å². The molecule has 0 spiro atoms. The first-order valence-electron chi connectivity index (χ1n) is 14.8. The summed E-state index contributed by atoms with van der Waals surface area (Å²) in [6.45, 7) is 7.58. The predicted octanol–water partition coefficient (Wildman–Crippen LogP) is 4.01. The fourth-order valence-electron chi connectivity index (χ4n) is 5.94. The fourth-order valence-corrected chi connectivity index (χ4v) is 6.14. The van der Waals surface area contributed by atoms with E-state index in [1.807, 2.05) is 0 Å². The maximum atomic E-state index is 11.8. The number of ether oxygens (including phenoxy) is 1. The van der Waals surface area contributed by atoms with Gasteiger partial charge in [-0.05, 0) is 121 Å². The Bertz CT molecular complexity index is 834. The molecular weight excluding hydrogens is 596 g/mol. The van der Waals surface area contributed by atoms with E-state index in [2.05, 4.69) is 26.6 Å². The number of carboxylic acid groups (broad SMARTS) is 2. The molecule has 11 nitrogen and oxygen atoms in total. The molecule has 12 heteroatoms. The van der Waals surface area contributed by atoms with Crippen LogP contribution in [0.3, 0.4) is 0 Å². The Morgan fingerprint density at radius 1 is 0.854 bits per heavy atom. The molecule has 0 aromatic heterocycles. The van der Waals surface area contributed by atoms with Crippen LogP contribution in [-0.2, 0) is 19.1 Å². The van der Waals surface area contributed by atoms with Gasteiger partial charge >= 0.3 is 18.0 Å². The molecule has 8 N–H and O–H groups in total. The second kappa shape index (κ2) is 17.9. The van der Waals surface area contributed by atoms with Crippen molar-refractivity contribution in [2.45, 2.75) is 103 Å². The van der Waals surface area contributed by atoms with Gasteiger partial charge in [-0.2, -0.15) is 0 Å². The minimum Gasteiger partial charge on any atom is -0.481 e. The average molecular weight is 650 g/mol. The van der Waals surface area contributed by atoms with Crippen LogP contribution in [-0.4, -0.2) is 71.3 Å². The van der Waals surface area contributed by atoms with Crippen molar-refractivity contribution >= 4 is 39.9 Å². The van der Waals surface area contributed by atoms with E-state index in [0.717, 1.165) is 64.2 Å². The van der Waals surface area contributed by atoms with Gasteiger partial charge in [0.05, 0.1) is 18.2 Å². The smallest absolute Gasteiger partial charge is 0.407 e. The topological polar surface area (TPSA) is 194 Å². The van der Waals surface area contributed by atoms with Gasteiger partial charge in [-0.3, -0.25) is 14.4 Å². The standard InChI is InChI=1S/C16H30N2O4.C13H23BrN2O3/c1-15(2,3)22-14(21)18-11-16(10-13(19)20)7-4-12(5-8-16)6-9-17;14-8-11(17)16-6-3-10-1-4-13(9-15,5-2-10)7-12(18)19/h12H,4-11,17H2,1-3H3,(H,18,21)(H,19,20);10H,1-9,15H2,(H,16,17)(H,18,19). The molecule has 2 rings (SSSR count). The number of hydrogen-bond acceptors (Lipinski definition) is 7. The maximum absolute atomic E-state index is 11.8. The fraction of sp³-hybridized carbons (Fsp3) is 0.862. The molecule has 2 aliphatic rings. The third-order valence-electron chi connectivity index (χ3n) is 8.39. The van der Waals surface area contributed by atoms with Crippen LogP contribution in [0.1, 0.15) is 97.8 Å². The summed E-state index contributed by atoms with van der Waals surface area (Å²) in [4.78, 5) is 45.0.